The van der Waals surface area contributed by atoms with E-state index in [-0.39, 0.29) is 18.0 Å². The van der Waals surface area contributed by atoms with Gasteiger partial charge in [-0.3, -0.25) is 0 Å². The molecule has 16 nitrogen and oxygen atoms in total. The van der Waals surface area contributed by atoms with Gasteiger partial charge in [0.2, 0.25) is 0 Å². The zero-order valence-corrected chi connectivity index (χ0v) is 16.0. The maximum Gasteiger partial charge on any atom is 0.335 e. The highest BCUT2D eigenvalue weighted by Crippen LogP contribution is 2.27. The normalized spacial score (nSPS) is 14.7. The van der Waals surface area contributed by atoms with Gasteiger partial charge in [0.15, 0.2) is 35.9 Å². The van der Waals surface area contributed by atoms with E-state index in [1.807, 2.05) is 0 Å². The SMILES string of the molecule is NC[C@H](O)c1ccc(O)c(O)c1.O=C(O)[C@H](O)[C@@H](O)C(=O)O.O=C(O)[C@H](O)[C@@H](O)C(=O)O. The largest absolute Gasteiger partial charge is 0.504 e. The molecule has 5 atom stereocenters. The van der Waals surface area contributed by atoms with E-state index in [9.17, 15) is 24.3 Å². The fourth-order valence-corrected chi connectivity index (χ4v) is 1.42. The molecule has 0 heterocycles. The van der Waals surface area contributed by atoms with Crippen molar-refractivity contribution in [2.24, 2.45) is 5.73 Å². The number of aromatic hydroxyl groups is 2. The first-order chi connectivity index (χ1) is 14.6. The van der Waals surface area contributed by atoms with Crippen LogP contribution in [0.1, 0.15) is 11.7 Å². The van der Waals surface area contributed by atoms with E-state index in [1.54, 1.807) is 0 Å². The summed E-state index contributed by atoms with van der Waals surface area (Å²) in [6.45, 7) is 0.0875. The van der Waals surface area contributed by atoms with Crippen LogP contribution in [0.3, 0.4) is 0 Å². The molecule has 0 saturated heterocycles. The van der Waals surface area contributed by atoms with Crippen LogP contribution in [0.4, 0.5) is 0 Å². The number of nitrogens with two attached hydrogens (primary N) is 1. The van der Waals surface area contributed by atoms with Crippen molar-refractivity contribution in [2.45, 2.75) is 30.5 Å². The van der Waals surface area contributed by atoms with Crippen LogP contribution in [-0.2, 0) is 19.2 Å². The molecule has 1 aromatic carbocycles. The Hall–Kier alpha value is -3.54. The first-order valence-corrected chi connectivity index (χ1v) is 8.11. The van der Waals surface area contributed by atoms with Crippen molar-refractivity contribution >= 4 is 23.9 Å². The van der Waals surface area contributed by atoms with Crippen LogP contribution in [0.15, 0.2) is 18.2 Å². The smallest absolute Gasteiger partial charge is 0.335 e. The molecule has 13 N–H and O–H groups in total. The number of hydrogen-bond donors (Lipinski definition) is 12. The Labute approximate surface area is 178 Å². The molecule has 16 heteroatoms. The fraction of sp³-hybridized carbons (Fsp3) is 0.375. The molecule has 0 aliphatic heterocycles. The number of rotatable bonds is 8. The monoisotopic (exact) mass is 469 g/mol. The van der Waals surface area contributed by atoms with Crippen molar-refractivity contribution in [3.05, 3.63) is 23.8 Å². The number of carboxylic acids is 4. The van der Waals surface area contributed by atoms with Crippen LogP contribution in [0.5, 0.6) is 11.5 Å². The first-order valence-electron chi connectivity index (χ1n) is 8.11. The number of aliphatic hydroxyl groups is 5. The minimum absolute atomic E-state index is 0.0875. The summed E-state index contributed by atoms with van der Waals surface area (Å²) in [6.07, 6.45) is -9.86. The van der Waals surface area contributed by atoms with Crippen molar-refractivity contribution < 1.29 is 75.3 Å². The molecule has 0 saturated carbocycles. The standard InChI is InChI=1S/C8H11NO3.2C4H6O6/c9-4-8(12)5-1-2-6(10)7(11)3-5;2*5-1(3(7)8)2(6)4(9)10/h1-3,8,10-12H,4,9H2;2*1-2,5-6H,(H,7,8)(H,9,10)/t8-;2*1-,2-/m011/s1. The number of aliphatic hydroxyl groups excluding tert-OH is 5. The summed E-state index contributed by atoms with van der Waals surface area (Å²) < 4.78 is 0. The Morgan fingerprint density at radius 1 is 0.656 bits per heavy atom. The number of carboxylic acid groups (broad SMARTS) is 4. The topological polar surface area (TPSA) is 317 Å². The van der Waals surface area contributed by atoms with Gasteiger partial charge < -0.3 is 61.9 Å². The van der Waals surface area contributed by atoms with E-state index < -0.39 is 54.4 Å². The minimum Gasteiger partial charge on any atom is -0.504 e. The molecule has 0 aromatic heterocycles. The average molecular weight is 469 g/mol. The fourth-order valence-electron chi connectivity index (χ4n) is 1.42. The first kappa shape index (κ1) is 30.7. The van der Waals surface area contributed by atoms with Gasteiger partial charge in [0.25, 0.3) is 0 Å². The van der Waals surface area contributed by atoms with Crippen molar-refractivity contribution in [1.82, 2.24) is 0 Å². The quantitative estimate of drug-likeness (QED) is 0.161. The summed E-state index contributed by atoms with van der Waals surface area (Å²) >= 11 is 0. The van der Waals surface area contributed by atoms with Gasteiger partial charge in [-0.25, -0.2) is 19.2 Å². The van der Waals surface area contributed by atoms with E-state index >= 15 is 0 Å². The third-order valence-corrected chi connectivity index (χ3v) is 3.22. The minimum atomic E-state index is -2.27. The van der Waals surface area contributed by atoms with Crippen LogP contribution in [0.2, 0.25) is 0 Å². The molecule has 0 bridgehead atoms. The summed E-state index contributed by atoms with van der Waals surface area (Å²) in [5.41, 5.74) is 5.69. The summed E-state index contributed by atoms with van der Waals surface area (Å²) in [5, 5.41) is 92.3. The molecule has 0 radical (unpaired) electrons. The van der Waals surface area contributed by atoms with Crippen LogP contribution in [0.25, 0.3) is 0 Å². The molecule has 1 rings (SSSR count). The lowest BCUT2D eigenvalue weighted by Gasteiger charge is -2.08. The van der Waals surface area contributed by atoms with Crippen LogP contribution in [-0.4, -0.2) is 111 Å². The van der Waals surface area contributed by atoms with Crippen molar-refractivity contribution in [3.63, 3.8) is 0 Å². The lowest BCUT2D eigenvalue weighted by Crippen LogP contribution is -2.39. The second-order valence-electron chi connectivity index (χ2n) is 5.63. The van der Waals surface area contributed by atoms with Crippen molar-refractivity contribution in [1.29, 1.82) is 0 Å². The predicted octanol–water partition coefficient (Wildman–Crippen LogP) is -4.16. The van der Waals surface area contributed by atoms with Gasteiger partial charge in [-0.2, -0.15) is 0 Å². The molecular weight excluding hydrogens is 446 g/mol. The Morgan fingerprint density at radius 3 is 1.19 bits per heavy atom. The lowest BCUT2D eigenvalue weighted by molar-refractivity contribution is -0.165. The van der Waals surface area contributed by atoms with E-state index in [0.29, 0.717) is 5.56 Å². The van der Waals surface area contributed by atoms with Gasteiger partial charge in [0.1, 0.15) is 0 Å². The highest BCUT2D eigenvalue weighted by molar-refractivity contribution is 5.83. The molecule has 0 spiro atoms. The Balaban J connectivity index is 0. The third kappa shape index (κ3) is 11.0. The summed E-state index contributed by atoms with van der Waals surface area (Å²) in [4.78, 5) is 39.1. The number of carbonyl (C=O) groups is 4. The van der Waals surface area contributed by atoms with Gasteiger partial charge in [0, 0.05) is 6.54 Å². The summed E-state index contributed by atoms with van der Waals surface area (Å²) in [5.74, 6) is -7.53. The summed E-state index contributed by atoms with van der Waals surface area (Å²) in [7, 11) is 0. The highest BCUT2D eigenvalue weighted by atomic mass is 16.4. The van der Waals surface area contributed by atoms with Crippen LogP contribution >= 0.6 is 0 Å². The number of phenols is 2. The van der Waals surface area contributed by atoms with Crippen LogP contribution < -0.4 is 5.73 Å². The second kappa shape index (κ2) is 14.5. The third-order valence-electron chi connectivity index (χ3n) is 3.22. The molecule has 0 aliphatic rings. The van der Waals surface area contributed by atoms with E-state index in [1.165, 1.54) is 18.2 Å². The van der Waals surface area contributed by atoms with Gasteiger partial charge in [-0.15, -0.1) is 0 Å². The van der Waals surface area contributed by atoms with Gasteiger partial charge in [-0.1, -0.05) is 6.07 Å². The molecule has 32 heavy (non-hydrogen) atoms. The van der Waals surface area contributed by atoms with Gasteiger partial charge >= 0.3 is 23.9 Å². The van der Waals surface area contributed by atoms with Gasteiger partial charge in [0.05, 0.1) is 6.10 Å². The lowest BCUT2D eigenvalue weighted by atomic mass is 10.1. The average Bonchev–Trinajstić information content (AvgIpc) is 2.73. The Morgan fingerprint density at radius 2 is 0.969 bits per heavy atom. The maximum atomic E-state index is 9.77. The molecule has 0 aliphatic carbocycles. The second-order valence-corrected chi connectivity index (χ2v) is 5.63. The molecule has 0 unspecified atom stereocenters. The molecule has 0 amide bonds. The molecule has 182 valence electrons. The van der Waals surface area contributed by atoms with Crippen molar-refractivity contribution in [3.8, 4) is 11.5 Å². The van der Waals surface area contributed by atoms with Crippen molar-refractivity contribution in [2.75, 3.05) is 6.54 Å². The molecule has 0 fully saturated rings. The predicted molar refractivity (Wildman–Crippen MR) is 98.4 cm³/mol. The number of phenolic OH excluding ortho intramolecular Hbond substituents is 2. The zero-order valence-electron chi connectivity index (χ0n) is 16.0. The van der Waals surface area contributed by atoms with E-state index in [2.05, 4.69) is 0 Å². The highest BCUT2D eigenvalue weighted by Gasteiger charge is 2.30. The maximum absolute atomic E-state index is 9.77. The van der Waals surface area contributed by atoms with Crippen LogP contribution in [0, 0.1) is 0 Å². The molecule has 1 aromatic rings. The Bertz CT molecular complexity index is 711. The number of benzene rings is 1. The number of hydrogen-bond acceptors (Lipinski definition) is 12. The van der Waals surface area contributed by atoms with E-state index in [4.69, 9.17) is 56.8 Å². The summed E-state index contributed by atoms with van der Waals surface area (Å²) in [6, 6.07) is 4.10. The number of aliphatic carboxylic acids is 4. The Kier molecular flexibility index (Phi) is 13.9. The van der Waals surface area contributed by atoms with Gasteiger partial charge in [-0.05, 0) is 17.7 Å². The van der Waals surface area contributed by atoms with E-state index in [0.717, 1.165) is 0 Å². The zero-order chi connectivity index (χ0) is 25.8. The molecular formula is C16H23NO15.